The summed E-state index contributed by atoms with van der Waals surface area (Å²) in [5, 5.41) is 0.787. The highest BCUT2D eigenvalue weighted by molar-refractivity contribution is 7.99. The highest BCUT2D eigenvalue weighted by atomic mass is 32.2. The molecule has 1 aliphatic heterocycles. The number of hydrogen-bond acceptors (Lipinski definition) is 6. The van der Waals surface area contributed by atoms with Gasteiger partial charge in [-0.15, -0.1) is 0 Å². The number of carbonyl (C=O) groups excluding carboxylic acids is 1. The maximum absolute atomic E-state index is 12.9. The van der Waals surface area contributed by atoms with E-state index >= 15 is 0 Å². The summed E-state index contributed by atoms with van der Waals surface area (Å²) in [5.41, 5.74) is 4.58. The first-order valence-corrected chi connectivity index (χ1v) is 14.1. The standard InChI is InChI=1S/C30H33N5OS/c1-3-20-37-30-32-28(34-18-8-5-9-19-34)27-29(33-30)35(21-23-10-6-4-7-11-23)26(31-27)17-16-25(36)24-14-12-22(2)13-15-24/h4,6-7,10-17H,3,5,8-9,18-21H2,1-2H3/b17-16+. The molecule has 2 aromatic carbocycles. The lowest BCUT2D eigenvalue weighted by Gasteiger charge is -2.28. The van der Waals surface area contributed by atoms with Gasteiger partial charge in [0.05, 0.1) is 6.54 Å². The molecule has 0 spiro atoms. The molecular weight excluding hydrogens is 478 g/mol. The summed E-state index contributed by atoms with van der Waals surface area (Å²) in [6, 6.07) is 18.0. The minimum Gasteiger partial charge on any atom is -0.355 e. The van der Waals surface area contributed by atoms with Gasteiger partial charge in [0.2, 0.25) is 0 Å². The van der Waals surface area contributed by atoms with Gasteiger partial charge in [-0.25, -0.2) is 15.0 Å². The Kier molecular flexibility index (Phi) is 7.99. The maximum atomic E-state index is 12.9. The van der Waals surface area contributed by atoms with Crippen molar-refractivity contribution in [3.63, 3.8) is 0 Å². The number of hydrogen-bond donors (Lipinski definition) is 0. The Balaban J connectivity index is 1.61. The Morgan fingerprint density at radius 2 is 1.73 bits per heavy atom. The van der Waals surface area contributed by atoms with Crippen LogP contribution >= 0.6 is 11.8 Å². The molecule has 4 aromatic rings. The van der Waals surface area contributed by atoms with E-state index in [4.69, 9.17) is 15.0 Å². The molecular formula is C30H33N5OS. The fourth-order valence-electron chi connectivity index (χ4n) is 4.58. The number of fused-ring (bicyclic) bond motifs is 1. The number of carbonyl (C=O) groups is 1. The molecule has 3 heterocycles. The second-order valence-electron chi connectivity index (χ2n) is 9.50. The number of thioether (sulfide) groups is 1. The second kappa shape index (κ2) is 11.7. The van der Waals surface area contributed by atoms with Crippen molar-refractivity contribution >= 4 is 40.6 Å². The number of imidazole rings is 1. The minimum absolute atomic E-state index is 0.0418. The molecule has 6 nitrogen and oxygen atoms in total. The van der Waals surface area contributed by atoms with E-state index in [0.29, 0.717) is 17.9 Å². The average Bonchev–Trinajstić information content (AvgIpc) is 3.28. The normalized spacial score (nSPS) is 14.1. The van der Waals surface area contributed by atoms with Gasteiger partial charge in [-0.05, 0) is 50.3 Å². The molecule has 0 aliphatic carbocycles. The van der Waals surface area contributed by atoms with Gasteiger partial charge in [-0.1, -0.05) is 78.8 Å². The van der Waals surface area contributed by atoms with Gasteiger partial charge >= 0.3 is 0 Å². The van der Waals surface area contributed by atoms with Crippen molar-refractivity contribution in [1.29, 1.82) is 0 Å². The van der Waals surface area contributed by atoms with Gasteiger partial charge in [0.15, 0.2) is 27.9 Å². The molecule has 1 saturated heterocycles. The summed E-state index contributed by atoms with van der Waals surface area (Å²) in [6.07, 6.45) is 8.07. The minimum atomic E-state index is -0.0418. The Labute approximate surface area is 222 Å². The van der Waals surface area contributed by atoms with Gasteiger partial charge in [0.25, 0.3) is 0 Å². The molecule has 0 saturated carbocycles. The maximum Gasteiger partial charge on any atom is 0.191 e. The van der Waals surface area contributed by atoms with Crippen molar-refractivity contribution in [2.24, 2.45) is 0 Å². The van der Waals surface area contributed by atoms with Crippen LogP contribution in [0.5, 0.6) is 0 Å². The molecule has 37 heavy (non-hydrogen) atoms. The quantitative estimate of drug-likeness (QED) is 0.110. The third kappa shape index (κ3) is 5.93. The molecule has 0 radical (unpaired) electrons. The van der Waals surface area contributed by atoms with Gasteiger partial charge in [0.1, 0.15) is 5.82 Å². The molecule has 1 fully saturated rings. The largest absolute Gasteiger partial charge is 0.355 e. The van der Waals surface area contributed by atoms with E-state index in [2.05, 4.69) is 28.5 Å². The Morgan fingerprint density at radius 3 is 2.46 bits per heavy atom. The number of aromatic nitrogens is 4. The summed E-state index contributed by atoms with van der Waals surface area (Å²) in [7, 11) is 0. The van der Waals surface area contributed by atoms with Crippen LogP contribution in [0.3, 0.4) is 0 Å². The molecule has 0 N–H and O–H groups in total. The van der Waals surface area contributed by atoms with E-state index < -0.39 is 0 Å². The monoisotopic (exact) mass is 511 g/mol. The van der Waals surface area contributed by atoms with E-state index in [1.807, 2.05) is 55.5 Å². The van der Waals surface area contributed by atoms with Crippen molar-refractivity contribution in [1.82, 2.24) is 19.5 Å². The number of anilines is 1. The topological polar surface area (TPSA) is 63.9 Å². The SMILES string of the molecule is CCCSc1nc(N2CCCCC2)c2nc(/C=C/C(=O)c3ccc(C)cc3)n(Cc3ccccc3)c2n1. The van der Waals surface area contributed by atoms with E-state index in [-0.39, 0.29) is 5.78 Å². The van der Waals surface area contributed by atoms with Crippen LogP contribution in [0.25, 0.3) is 17.2 Å². The molecule has 2 aromatic heterocycles. The lowest BCUT2D eigenvalue weighted by Crippen LogP contribution is -2.30. The third-order valence-corrected chi connectivity index (χ3v) is 7.63. The van der Waals surface area contributed by atoms with Crippen LogP contribution in [0.15, 0.2) is 65.8 Å². The molecule has 1 aliphatic rings. The van der Waals surface area contributed by atoms with Crippen LogP contribution in [0, 0.1) is 6.92 Å². The predicted octanol–water partition coefficient (Wildman–Crippen LogP) is 6.57. The summed E-state index contributed by atoms with van der Waals surface area (Å²) in [6.45, 7) is 6.76. The second-order valence-corrected chi connectivity index (χ2v) is 10.6. The van der Waals surface area contributed by atoms with Gasteiger partial charge in [-0.2, -0.15) is 0 Å². The van der Waals surface area contributed by atoms with Crippen molar-refractivity contribution in [3.8, 4) is 0 Å². The number of piperidine rings is 1. The highest BCUT2D eigenvalue weighted by Gasteiger charge is 2.22. The molecule has 0 unspecified atom stereocenters. The molecule has 190 valence electrons. The number of rotatable bonds is 9. The number of benzene rings is 2. The summed E-state index contributed by atoms with van der Waals surface area (Å²) >= 11 is 1.69. The van der Waals surface area contributed by atoms with Crippen molar-refractivity contribution in [2.75, 3.05) is 23.7 Å². The fourth-order valence-corrected chi connectivity index (χ4v) is 5.27. The summed E-state index contributed by atoms with van der Waals surface area (Å²) < 4.78 is 2.12. The van der Waals surface area contributed by atoms with Gasteiger partial charge in [0, 0.05) is 24.4 Å². The zero-order chi connectivity index (χ0) is 25.6. The number of nitrogens with zero attached hydrogens (tertiary/aromatic N) is 5. The number of allylic oxidation sites excluding steroid dienone is 1. The number of ketones is 1. The Hall–Kier alpha value is -3.45. The van der Waals surface area contributed by atoms with E-state index in [1.165, 1.54) is 6.42 Å². The van der Waals surface area contributed by atoms with E-state index in [0.717, 1.165) is 71.4 Å². The first-order valence-electron chi connectivity index (χ1n) is 13.1. The van der Waals surface area contributed by atoms with Crippen LogP contribution in [-0.2, 0) is 6.54 Å². The highest BCUT2D eigenvalue weighted by Crippen LogP contribution is 2.30. The van der Waals surface area contributed by atoms with Crippen LogP contribution in [0.1, 0.15) is 59.9 Å². The third-order valence-electron chi connectivity index (χ3n) is 6.58. The zero-order valence-electron chi connectivity index (χ0n) is 21.6. The zero-order valence-corrected chi connectivity index (χ0v) is 22.4. The predicted molar refractivity (Wildman–Crippen MR) is 152 cm³/mol. The Morgan fingerprint density at radius 1 is 0.973 bits per heavy atom. The molecule has 5 rings (SSSR count). The van der Waals surface area contributed by atoms with Crippen LogP contribution < -0.4 is 4.90 Å². The van der Waals surface area contributed by atoms with Gasteiger partial charge in [-0.3, -0.25) is 4.79 Å². The van der Waals surface area contributed by atoms with E-state index in [9.17, 15) is 4.79 Å². The average molecular weight is 512 g/mol. The van der Waals surface area contributed by atoms with Crippen molar-refractivity contribution in [2.45, 2.75) is 51.2 Å². The lowest BCUT2D eigenvalue weighted by atomic mass is 10.1. The summed E-state index contributed by atoms with van der Waals surface area (Å²) in [4.78, 5) is 30.3. The Bertz CT molecular complexity index is 1390. The molecule has 0 atom stereocenters. The molecule has 0 amide bonds. The molecule has 0 bridgehead atoms. The van der Waals surface area contributed by atoms with Gasteiger partial charge < -0.3 is 9.47 Å². The lowest BCUT2D eigenvalue weighted by molar-refractivity contribution is 0.104. The van der Waals surface area contributed by atoms with Crippen LogP contribution in [-0.4, -0.2) is 44.1 Å². The summed E-state index contributed by atoms with van der Waals surface area (Å²) in [5.74, 6) is 2.55. The smallest absolute Gasteiger partial charge is 0.191 e. The first kappa shape index (κ1) is 25.2. The van der Waals surface area contributed by atoms with Crippen molar-refractivity contribution in [3.05, 3.63) is 83.2 Å². The van der Waals surface area contributed by atoms with Crippen LogP contribution in [0.4, 0.5) is 5.82 Å². The first-order chi connectivity index (χ1) is 18.1. The number of aryl methyl sites for hydroxylation is 1. The molecule has 7 heteroatoms. The fraction of sp³-hybridized carbons (Fsp3) is 0.333. The van der Waals surface area contributed by atoms with Crippen molar-refractivity contribution < 1.29 is 4.79 Å². The van der Waals surface area contributed by atoms with E-state index in [1.54, 1.807) is 17.8 Å². The van der Waals surface area contributed by atoms with Crippen LogP contribution in [0.2, 0.25) is 0 Å².